The maximum absolute atomic E-state index is 8.34. The van der Waals surface area contributed by atoms with E-state index in [1.807, 2.05) is 30.5 Å². The Kier molecular flexibility index (Phi) is 2.31. The lowest BCUT2D eigenvalue weighted by atomic mass is 10.1. The SMILES string of the molecule is [N-]=[N+]=Nc1ccc(-c2cnc3n2CCC3)cc1. The van der Waals surface area contributed by atoms with Crippen LogP contribution in [0.15, 0.2) is 35.6 Å². The summed E-state index contributed by atoms with van der Waals surface area (Å²) in [5, 5.41) is 3.56. The Labute approximate surface area is 98.3 Å². The maximum atomic E-state index is 8.34. The molecule has 84 valence electrons. The molecule has 1 aliphatic heterocycles. The van der Waals surface area contributed by atoms with E-state index >= 15 is 0 Å². The van der Waals surface area contributed by atoms with Crippen LogP contribution in [-0.4, -0.2) is 9.55 Å². The number of imidazole rings is 1. The van der Waals surface area contributed by atoms with Crippen LogP contribution in [0.3, 0.4) is 0 Å². The highest BCUT2D eigenvalue weighted by molar-refractivity contribution is 5.62. The molecule has 5 nitrogen and oxygen atoms in total. The van der Waals surface area contributed by atoms with Gasteiger partial charge in [-0.3, -0.25) is 0 Å². The van der Waals surface area contributed by atoms with Gasteiger partial charge in [0.2, 0.25) is 0 Å². The molecule has 2 heterocycles. The van der Waals surface area contributed by atoms with Gasteiger partial charge in [0.05, 0.1) is 11.9 Å². The fourth-order valence-corrected chi connectivity index (χ4v) is 2.24. The number of azide groups is 1. The van der Waals surface area contributed by atoms with Gasteiger partial charge < -0.3 is 4.57 Å². The highest BCUT2D eigenvalue weighted by Gasteiger charge is 2.16. The van der Waals surface area contributed by atoms with E-state index < -0.39 is 0 Å². The number of fused-ring (bicyclic) bond motifs is 1. The summed E-state index contributed by atoms with van der Waals surface area (Å²) in [6, 6.07) is 7.58. The lowest BCUT2D eigenvalue weighted by molar-refractivity contribution is 0.756. The van der Waals surface area contributed by atoms with E-state index in [0.717, 1.165) is 24.2 Å². The molecule has 0 radical (unpaired) electrons. The van der Waals surface area contributed by atoms with E-state index in [-0.39, 0.29) is 0 Å². The van der Waals surface area contributed by atoms with Gasteiger partial charge in [-0.25, -0.2) is 4.98 Å². The smallest absolute Gasteiger partial charge is 0.109 e. The van der Waals surface area contributed by atoms with E-state index in [2.05, 4.69) is 19.6 Å². The standard InChI is InChI=1S/C12H11N5/c13-16-15-10-5-3-9(4-6-10)11-8-14-12-2-1-7-17(11)12/h3-6,8H,1-2,7H2. The van der Waals surface area contributed by atoms with Crippen LogP contribution in [0.5, 0.6) is 0 Å². The number of nitrogens with zero attached hydrogens (tertiary/aromatic N) is 5. The molecule has 3 rings (SSSR count). The van der Waals surface area contributed by atoms with Crippen molar-refractivity contribution in [1.82, 2.24) is 9.55 Å². The number of hydrogen-bond donors (Lipinski definition) is 0. The molecule has 0 bridgehead atoms. The summed E-state index contributed by atoms with van der Waals surface area (Å²) in [6.07, 6.45) is 4.15. The normalized spacial score (nSPS) is 13.2. The van der Waals surface area contributed by atoms with Crippen LogP contribution < -0.4 is 0 Å². The second-order valence-electron chi connectivity index (χ2n) is 4.05. The first-order chi connectivity index (χ1) is 8.38. The van der Waals surface area contributed by atoms with Crippen molar-refractivity contribution in [2.75, 3.05) is 0 Å². The molecule has 5 heteroatoms. The third-order valence-electron chi connectivity index (χ3n) is 3.04. The van der Waals surface area contributed by atoms with Crippen LogP contribution in [-0.2, 0) is 13.0 Å². The molecule has 0 N–H and O–H groups in total. The molecule has 1 aromatic heterocycles. The van der Waals surface area contributed by atoms with Gasteiger partial charge in [-0.2, -0.15) is 0 Å². The fourth-order valence-electron chi connectivity index (χ4n) is 2.24. The van der Waals surface area contributed by atoms with E-state index in [9.17, 15) is 0 Å². The summed E-state index contributed by atoms with van der Waals surface area (Å²) in [4.78, 5) is 7.18. The third-order valence-corrected chi connectivity index (χ3v) is 3.04. The van der Waals surface area contributed by atoms with Gasteiger partial charge in [-0.1, -0.05) is 29.4 Å². The van der Waals surface area contributed by atoms with Gasteiger partial charge >= 0.3 is 0 Å². The fraction of sp³-hybridized carbons (Fsp3) is 0.250. The van der Waals surface area contributed by atoms with Crippen LogP contribution in [0.1, 0.15) is 12.2 Å². The van der Waals surface area contributed by atoms with Crippen molar-refractivity contribution in [3.05, 3.63) is 46.7 Å². The molecule has 2 aromatic rings. The Bertz CT molecular complexity index is 590. The lowest BCUT2D eigenvalue weighted by Gasteiger charge is -2.04. The first kappa shape index (κ1) is 9.93. The summed E-state index contributed by atoms with van der Waals surface area (Å²) < 4.78 is 2.25. The molecule has 1 aromatic carbocycles. The average Bonchev–Trinajstić information content (AvgIpc) is 2.93. The molecule has 0 atom stereocenters. The summed E-state index contributed by atoms with van der Waals surface area (Å²) >= 11 is 0. The number of benzene rings is 1. The van der Waals surface area contributed by atoms with Crippen LogP contribution in [0.2, 0.25) is 0 Å². The molecule has 0 amide bonds. The quantitative estimate of drug-likeness (QED) is 0.438. The molecule has 0 spiro atoms. The highest BCUT2D eigenvalue weighted by atomic mass is 15.1. The van der Waals surface area contributed by atoms with E-state index in [1.54, 1.807) is 0 Å². The van der Waals surface area contributed by atoms with Crippen molar-refractivity contribution in [3.8, 4) is 11.3 Å². The Morgan fingerprint density at radius 1 is 1.29 bits per heavy atom. The molecular weight excluding hydrogens is 214 g/mol. The summed E-state index contributed by atoms with van der Waals surface area (Å²) in [6.45, 7) is 1.04. The van der Waals surface area contributed by atoms with Gasteiger partial charge in [-0.05, 0) is 17.5 Å². The molecule has 0 unspecified atom stereocenters. The molecule has 0 aliphatic carbocycles. The van der Waals surface area contributed by atoms with E-state index in [4.69, 9.17) is 5.53 Å². The molecule has 0 fully saturated rings. The topological polar surface area (TPSA) is 66.6 Å². The molecule has 17 heavy (non-hydrogen) atoms. The lowest BCUT2D eigenvalue weighted by Crippen LogP contribution is -1.94. The zero-order chi connectivity index (χ0) is 11.7. The zero-order valence-electron chi connectivity index (χ0n) is 9.24. The number of aryl methyl sites for hydroxylation is 1. The maximum Gasteiger partial charge on any atom is 0.109 e. The number of aromatic nitrogens is 2. The molecular formula is C12H11N5. The summed E-state index contributed by atoms with van der Waals surface area (Å²) in [5.41, 5.74) is 11.2. The van der Waals surface area contributed by atoms with Crippen molar-refractivity contribution < 1.29 is 0 Å². The summed E-state index contributed by atoms with van der Waals surface area (Å²) in [7, 11) is 0. The second kappa shape index (κ2) is 3.96. The van der Waals surface area contributed by atoms with Gasteiger partial charge in [0, 0.05) is 23.6 Å². The Morgan fingerprint density at radius 3 is 2.88 bits per heavy atom. The van der Waals surface area contributed by atoms with Crippen LogP contribution in [0.4, 0.5) is 5.69 Å². The van der Waals surface area contributed by atoms with Crippen molar-refractivity contribution in [2.24, 2.45) is 5.11 Å². The Morgan fingerprint density at radius 2 is 2.12 bits per heavy atom. The Balaban J connectivity index is 2.01. The minimum atomic E-state index is 0.636. The first-order valence-electron chi connectivity index (χ1n) is 5.58. The van der Waals surface area contributed by atoms with Crippen molar-refractivity contribution >= 4 is 5.69 Å². The molecule has 1 aliphatic rings. The van der Waals surface area contributed by atoms with Gasteiger partial charge in [-0.15, -0.1) is 0 Å². The minimum Gasteiger partial charge on any atom is -0.328 e. The number of hydrogen-bond acceptors (Lipinski definition) is 2. The van der Waals surface area contributed by atoms with Crippen LogP contribution >= 0.6 is 0 Å². The van der Waals surface area contributed by atoms with Crippen LogP contribution in [0, 0.1) is 0 Å². The van der Waals surface area contributed by atoms with Gasteiger partial charge in [0.15, 0.2) is 0 Å². The molecule has 0 saturated heterocycles. The first-order valence-corrected chi connectivity index (χ1v) is 5.58. The number of rotatable bonds is 2. The molecule has 0 saturated carbocycles. The predicted molar refractivity (Wildman–Crippen MR) is 64.8 cm³/mol. The van der Waals surface area contributed by atoms with Gasteiger partial charge in [0.25, 0.3) is 0 Å². The van der Waals surface area contributed by atoms with Crippen molar-refractivity contribution in [1.29, 1.82) is 0 Å². The Hall–Kier alpha value is -2.26. The summed E-state index contributed by atoms with van der Waals surface area (Å²) in [5.74, 6) is 1.17. The zero-order valence-corrected chi connectivity index (χ0v) is 9.24. The third kappa shape index (κ3) is 1.66. The van der Waals surface area contributed by atoms with E-state index in [1.165, 1.54) is 12.2 Å². The van der Waals surface area contributed by atoms with Crippen molar-refractivity contribution in [3.63, 3.8) is 0 Å². The average molecular weight is 225 g/mol. The van der Waals surface area contributed by atoms with Crippen molar-refractivity contribution in [2.45, 2.75) is 19.4 Å². The predicted octanol–water partition coefficient (Wildman–Crippen LogP) is 3.44. The second-order valence-corrected chi connectivity index (χ2v) is 4.05. The van der Waals surface area contributed by atoms with Crippen LogP contribution in [0.25, 0.3) is 21.7 Å². The largest absolute Gasteiger partial charge is 0.328 e. The van der Waals surface area contributed by atoms with Gasteiger partial charge in [0.1, 0.15) is 5.82 Å². The highest BCUT2D eigenvalue weighted by Crippen LogP contribution is 2.27. The monoisotopic (exact) mass is 225 g/mol. The van der Waals surface area contributed by atoms with E-state index in [0.29, 0.717) is 5.69 Å². The minimum absolute atomic E-state index is 0.636.